The lowest BCUT2D eigenvalue weighted by atomic mass is 10.0. The quantitative estimate of drug-likeness (QED) is 0.189. The zero-order valence-electron chi connectivity index (χ0n) is 20.9. The van der Waals surface area contributed by atoms with Crippen LogP contribution in [0.4, 0.5) is 28.8 Å². The third kappa shape index (κ3) is 7.78. The van der Waals surface area contributed by atoms with E-state index in [2.05, 4.69) is 31.9 Å². The number of rotatable bonds is 8. The van der Waals surface area contributed by atoms with Crippen LogP contribution < -0.4 is 31.9 Å². The van der Waals surface area contributed by atoms with Gasteiger partial charge in [0.05, 0.1) is 0 Å². The Hall–Kier alpha value is -4.42. The van der Waals surface area contributed by atoms with E-state index in [9.17, 15) is 28.8 Å². The summed E-state index contributed by atoms with van der Waals surface area (Å²) in [6, 6.07) is 0. The van der Waals surface area contributed by atoms with E-state index in [-0.39, 0.29) is 0 Å². The van der Waals surface area contributed by atoms with Gasteiger partial charge in [0.2, 0.25) is 12.2 Å². The second-order valence-corrected chi connectivity index (χ2v) is 6.81. The number of hydrogen-bond donors (Lipinski definition) is 6. The number of carbonyl (C=O) groups excluding carboxylic acids is 6. The first-order valence-corrected chi connectivity index (χ1v) is 10.4. The lowest BCUT2D eigenvalue weighted by Gasteiger charge is -2.33. The van der Waals surface area contributed by atoms with Gasteiger partial charge in [-0.15, -0.1) is 0 Å². The number of hydrogen-bond acceptors (Lipinski definition) is 13. The molecule has 0 aromatic rings. The van der Waals surface area contributed by atoms with Crippen molar-refractivity contribution in [2.24, 2.45) is 0 Å². The highest BCUT2D eigenvalue weighted by Gasteiger charge is 2.73. The van der Waals surface area contributed by atoms with Gasteiger partial charge in [0.25, 0.3) is 11.6 Å². The maximum Gasteiger partial charge on any atom is 0.409 e. The molecular weight excluding hydrogens is 508 g/mol. The van der Waals surface area contributed by atoms with Crippen LogP contribution in [0.15, 0.2) is 0 Å². The fourth-order valence-corrected chi connectivity index (χ4v) is 2.85. The molecule has 0 aliphatic carbocycles. The molecule has 0 aromatic heterocycles. The number of ether oxygens (including phenoxy) is 7. The highest BCUT2D eigenvalue weighted by Crippen LogP contribution is 2.45. The van der Waals surface area contributed by atoms with Crippen molar-refractivity contribution in [3.8, 4) is 0 Å². The number of nitrogens with one attached hydrogen (secondary N) is 6. The molecule has 6 N–H and O–H groups in total. The summed E-state index contributed by atoms with van der Waals surface area (Å²) in [6.45, 7) is -2.01. The van der Waals surface area contributed by atoms with E-state index in [0.717, 1.165) is 0 Å². The van der Waals surface area contributed by atoms with E-state index in [1.165, 1.54) is 42.3 Å². The Balaban J connectivity index is 3.85. The molecule has 1 aliphatic rings. The summed E-state index contributed by atoms with van der Waals surface area (Å²) in [5.74, 6) is -5.28. The van der Waals surface area contributed by atoms with Gasteiger partial charge in [-0.05, 0) is 0 Å². The van der Waals surface area contributed by atoms with E-state index >= 15 is 0 Å². The van der Waals surface area contributed by atoms with Crippen molar-refractivity contribution in [3.63, 3.8) is 0 Å². The zero-order valence-corrected chi connectivity index (χ0v) is 20.9. The maximum atomic E-state index is 12.3. The minimum absolute atomic E-state index is 1.01. The Kier molecular flexibility index (Phi) is 11.3. The van der Waals surface area contributed by atoms with Gasteiger partial charge in [0.15, 0.2) is 13.2 Å². The average molecular weight is 538 g/mol. The van der Waals surface area contributed by atoms with Gasteiger partial charge < -0.3 is 60.3 Å². The molecular formula is C18H30N6O13. The summed E-state index contributed by atoms with van der Waals surface area (Å²) >= 11 is 0. The third-order valence-corrected chi connectivity index (χ3v) is 4.52. The predicted octanol–water partition coefficient (Wildman–Crippen LogP) is -1.72. The lowest BCUT2D eigenvalue weighted by molar-refractivity contribution is -0.317. The summed E-state index contributed by atoms with van der Waals surface area (Å²) in [4.78, 5) is 72.9. The molecule has 4 atom stereocenters. The third-order valence-electron chi connectivity index (χ3n) is 4.52. The van der Waals surface area contributed by atoms with Gasteiger partial charge >= 0.3 is 36.6 Å². The first-order valence-electron chi connectivity index (χ1n) is 10.4. The van der Waals surface area contributed by atoms with E-state index in [1.54, 1.807) is 0 Å². The molecule has 0 radical (unpaired) electrons. The van der Waals surface area contributed by atoms with Crippen LogP contribution in [-0.4, -0.2) is 116 Å². The molecule has 19 nitrogen and oxygen atoms in total. The van der Waals surface area contributed by atoms with Gasteiger partial charge in [-0.25, -0.2) is 28.8 Å². The van der Waals surface area contributed by atoms with Crippen molar-refractivity contribution in [2.75, 3.05) is 55.5 Å². The first-order chi connectivity index (χ1) is 17.5. The number of amides is 6. The molecule has 6 amide bonds. The van der Waals surface area contributed by atoms with Crippen molar-refractivity contribution < 1.29 is 61.9 Å². The van der Waals surface area contributed by atoms with Crippen molar-refractivity contribution in [1.29, 1.82) is 0 Å². The number of carbonyl (C=O) groups is 6. The largest absolute Gasteiger partial charge is 0.442 e. The molecule has 0 unspecified atom stereocenters. The Morgan fingerprint density at radius 3 is 1.11 bits per heavy atom. The summed E-state index contributed by atoms with van der Waals surface area (Å²) < 4.78 is 36.9. The first kappa shape index (κ1) is 30.6. The standard InChI is InChI=1S/C18H30N6O13/c1-19-11(25)31-7-17(35-15(29)23-5)9(33-13(27)21-3)10(34-14(28)22-4)18(37-17,36-16(30)24-6)8-32-12(26)20-2/h9-10H,7-8H2,1-6H3,(H,19,25)(H,20,26)(H,21,27)(H,22,28)(H,23,29)(H,24,30)/t9-,10+,17-,18+. The molecule has 1 rings (SSSR count). The van der Waals surface area contributed by atoms with Gasteiger partial charge in [0, 0.05) is 42.3 Å². The van der Waals surface area contributed by atoms with Crippen LogP contribution in [0.25, 0.3) is 0 Å². The predicted molar refractivity (Wildman–Crippen MR) is 117 cm³/mol. The number of alkyl carbamates (subject to hydrolysis) is 6. The van der Waals surface area contributed by atoms with Crippen LogP contribution in [0.3, 0.4) is 0 Å². The highest BCUT2D eigenvalue weighted by atomic mass is 16.9. The summed E-state index contributed by atoms with van der Waals surface area (Å²) in [7, 11) is 7.13. The Bertz CT molecular complexity index is 805. The second kappa shape index (κ2) is 13.6. The van der Waals surface area contributed by atoms with Crippen molar-refractivity contribution in [3.05, 3.63) is 0 Å². The summed E-state index contributed by atoms with van der Waals surface area (Å²) in [5.41, 5.74) is 0. The Morgan fingerprint density at radius 2 is 0.838 bits per heavy atom. The zero-order chi connectivity index (χ0) is 28.2. The maximum absolute atomic E-state index is 12.3. The fraction of sp³-hybridized carbons (Fsp3) is 0.667. The minimum Gasteiger partial charge on any atom is -0.442 e. The molecule has 0 saturated carbocycles. The molecule has 19 heteroatoms. The van der Waals surface area contributed by atoms with Crippen LogP contribution in [0.1, 0.15) is 0 Å². The lowest BCUT2D eigenvalue weighted by Crippen LogP contribution is -2.56. The molecule has 0 bridgehead atoms. The molecule has 1 saturated heterocycles. The van der Waals surface area contributed by atoms with Crippen LogP contribution in [-0.2, 0) is 33.2 Å². The van der Waals surface area contributed by atoms with E-state index in [0.29, 0.717) is 0 Å². The summed E-state index contributed by atoms with van der Waals surface area (Å²) in [5, 5.41) is 12.8. The normalized spacial score (nSPS) is 23.8. The Labute approximate surface area is 210 Å². The van der Waals surface area contributed by atoms with Gasteiger partial charge in [-0.2, -0.15) is 0 Å². The smallest absolute Gasteiger partial charge is 0.409 e. The van der Waals surface area contributed by atoms with Gasteiger partial charge in [-0.1, -0.05) is 0 Å². The molecule has 37 heavy (non-hydrogen) atoms. The summed E-state index contributed by atoms with van der Waals surface area (Å²) in [6.07, 6.45) is -10.8. The molecule has 1 aliphatic heterocycles. The van der Waals surface area contributed by atoms with Crippen LogP contribution in [0, 0.1) is 0 Å². The van der Waals surface area contributed by atoms with Crippen molar-refractivity contribution >= 4 is 36.6 Å². The Morgan fingerprint density at radius 1 is 0.541 bits per heavy atom. The molecule has 210 valence electrons. The monoisotopic (exact) mass is 538 g/mol. The van der Waals surface area contributed by atoms with Crippen molar-refractivity contribution in [1.82, 2.24) is 31.9 Å². The minimum atomic E-state index is -2.64. The molecule has 0 spiro atoms. The van der Waals surface area contributed by atoms with Crippen LogP contribution >= 0.6 is 0 Å². The van der Waals surface area contributed by atoms with E-state index in [4.69, 9.17) is 33.2 Å². The van der Waals surface area contributed by atoms with Gasteiger partial charge in [-0.3, -0.25) is 4.74 Å². The topological polar surface area (TPSA) is 239 Å². The van der Waals surface area contributed by atoms with Crippen molar-refractivity contribution in [2.45, 2.75) is 23.8 Å². The van der Waals surface area contributed by atoms with E-state index in [1.807, 2.05) is 0 Å². The average Bonchev–Trinajstić information content (AvgIpc) is 3.13. The van der Waals surface area contributed by atoms with Gasteiger partial charge in [0.1, 0.15) is 0 Å². The molecule has 1 heterocycles. The SMILES string of the molecule is CNC(=O)OC[C@@]1(OC(=O)NC)O[C@](COC(=O)NC)(OC(=O)NC)[C@@H](OC(=O)NC)[C@H]1OC(=O)NC. The molecule has 1 fully saturated rings. The van der Waals surface area contributed by atoms with Crippen LogP contribution in [0.2, 0.25) is 0 Å². The fourth-order valence-electron chi connectivity index (χ4n) is 2.85. The van der Waals surface area contributed by atoms with E-state index < -0.39 is 73.6 Å². The molecule has 0 aromatic carbocycles. The van der Waals surface area contributed by atoms with Crippen LogP contribution in [0.5, 0.6) is 0 Å². The second-order valence-electron chi connectivity index (χ2n) is 6.81. The highest BCUT2D eigenvalue weighted by molar-refractivity contribution is 5.71.